The fourth-order valence-electron chi connectivity index (χ4n) is 0.611. The summed E-state index contributed by atoms with van der Waals surface area (Å²) in [5, 5.41) is 0. The molecule has 0 aliphatic heterocycles. The molecule has 1 unspecified atom stereocenters. The number of hydrogen-bond acceptors (Lipinski definition) is 2. The van der Waals surface area contributed by atoms with Gasteiger partial charge in [-0.1, -0.05) is 5.92 Å². The van der Waals surface area contributed by atoms with Crippen molar-refractivity contribution in [2.24, 2.45) is 11.5 Å². The molecule has 0 heterocycles. The Morgan fingerprint density at radius 2 is 2.10 bits per heavy atom. The molecule has 2 nitrogen and oxygen atoms in total. The maximum absolute atomic E-state index is 5.71. The average molecular weight is 140 g/mol. The van der Waals surface area contributed by atoms with Gasteiger partial charge in [0.15, 0.2) is 0 Å². The Kier molecular flexibility index (Phi) is 3.41. The minimum absolute atomic E-state index is 0.136. The standard InChI is InChI=1S/C8H16N2/c1-4-7(9)5-6-8(2,3)10/h1,7H,5-6,9-10H2,2-3H3. The van der Waals surface area contributed by atoms with Gasteiger partial charge in [-0.25, -0.2) is 0 Å². The second kappa shape index (κ2) is 3.60. The summed E-state index contributed by atoms with van der Waals surface area (Å²) >= 11 is 0. The van der Waals surface area contributed by atoms with Crippen molar-refractivity contribution in [2.45, 2.75) is 38.3 Å². The van der Waals surface area contributed by atoms with Crippen LogP contribution in [-0.4, -0.2) is 11.6 Å². The normalized spacial score (nSPS) is 14.3. The van der Waals surface area contributed by atoms with Crippen molar-refractivity contribution in [3.8, 4) is 12.3 Å². The van der Waals surface area contributed by atoms with E-state index in [1.807, 2.05) is 13.8 Å². The van der Waals surface area contributed by atoms with Crippen LogP contribution in [0.1, 0.15) is 26.7 Å². The van der Waals surface area contributed by atoms with Crippen LogP contribution in [0, 0.1) is 12.3 Å². The lowest BCUT2D eigenvalue weighted by molar-refractivity contribution is 0.449. The lowest BCUT2D eigenvalue weighted by Crippen LogP contribution is -2.34. The topological polar surface area (TPSA) is 52.0 Å². The van der Waals surface area contributed by atoms with Crippen molar-refractivity contribution in [3.63, 3.8) is 0 Å². The van der Waals surface area contributed by atoms with Gasteiger partial charge in [0.2, 0.25) is 0 Å². The molecule has 0 spiro atoms. The van der Waals surface area contributed by atoms with E-state index in [1.54, 1.807) is 0 Å². The monoisotopic (exact) mass is 140 g/mol. The molecule has 0 aromatic carbocycles. The van der Waals surface area contributed by atoms with Gasteiger partial charge in [-0.2, -0.15) is 0 Å². The fourth-order valence-corrected chi connectivity index (χ4v) is 0.611. The molecule has 4 N–H and O–H groups in total. The number of hydrogen-bond donors (Lipinski definition) is 2. The molecule has 0 aromatic rings. The summed E-state index contributed by atoms with van der Waals surface area (Å²) in [6.07, 6.45) is 6.76. The first-order valence-electron chi connectivity index (χ1n) is 3.46. The van der Waals surface area contributed by atoms with Crippen LogP contribution in [0.25, 0.3) is 0 Å². The zero-order valence-electron chi connectivity index (χ0n) is 6.72. The Hall–Kier alpha value is -0.520. The van der Waals surface area contributed by atoms with Crippen LogP contribution < -0.4 is 11.5 Å². The highest BCUT2D eigenvalue weighted by molar-refractivity contribution is 4.97. The lowest BCUT2D eigenvalue weighted by atomic mass is 9.97. The predicted octanol–water partition coefficient (Wildman–Crippen LogP) is 0.464. The molecule has 0 saturated heterocycles. The van der Waals surface area contributed by atoms with Crippen LogP contribution in [0.5, 0.6) is 0 Å². The van der Waals surface area contributed by atoms with Gasteiger partial charge in [0.05, 0.1) is 6.04 Å². The molecule has 0 saturated carbocycles. The van der Waals surface area contributed by atoms with Crippen LogP contribution in [-0.2, 0) is 0 Å². The third-order valence-corrected chi connectivity index (χ3v) is 1.31. The zero-order valence-corrected chi connectivity index (χ0v) is 6.72. The molecule has 0 aliphatic carbocycles. The third-order valence-electron chi connectivity index (χ3n) is 1.31. The van der Waals surface area contributed by atoms with Crippen molar-refractivity contribution in [3.05, 3.63) is 0 Å². The van der Waals surface area contributed by atoms with Gasteiger partial charge in [-0.15, -0.1) is 6.42 Å². The third kappa shape index (κ3) is 5.61. The van der Waals surface area contributed by atoms with Gasteiger partial charge in [0.25, 0.3) is 0 Å². The van der Waals surface area contributed by atoms with Gasteiger partial charge >= 0.3 is 0 Å². The average Bonchev–Trinajstić information content (AvgIpc) is 1.81. The second-order valence-corrected chi connectivity index (χ2v) is 3.30. The molecular formula is C8H16N2. The largest absolute Gasteiger partial charge is 0.326 e. The molecule has 1 atom stereocenters. The van der Waals surface area contributed by atoms with E-state index in [0.717, 1.165) is 12.8 Å². The highest BCUT2D eigenvalue weighted by Crippen LogP contribution is 2.07. The van der Waals surface area contributed by atoms with Gasteiger partial charge in [0.1, 0.15) is 0 Å². The van der Waals surface area contributed by atoms with E-state index in [1.165, 1.54) is 0 Å². The van der Waals surface area contributed by atoms with Crippen LogP contribution in [0.15, 0.2) is 0 Å². The van der Waals surface area contributed by atoms with E-state index in [4.69, 9.17) is 17.9 Å². The summed E-state index contributed by atoms with van der Waals surface area (Å²) < 4.78 is 0. The minimum Gasteiger partial charge on any atom is -0.326 e. The van der Waals surface area contributed by atoms with E-state index in [-0.39, 0.29) is 11.6 Å². The van der Waals surface area contributed by atoms with Gasteiger partial charge in [-0.3, -0.25) is 0 Å². The molecule has 58 valence electrons. The SMILES string of the molecule is C#CC(N)CCC(C)(C)N. The molecule has 0 aromatic heterocycles. The van der Waals surface area contributed by atoms with Crippen molar-refractivity contribution in [1.82, 2.24) is 0 Å². The second-order valence-electron chi connectivity index (χ2n) is 3.30. The van der Waals surface area contributed by atoms with E-state index < -0.39 is 0 Å². The van der Waals surface area contributed by atoms with E-state index in [0.29, 0.717) is 0 Å². The number of nitrogens with two attached hydrogens (primary N) is 2. The Bertz CT molecular complexity index is 127. The van der Waals surface area contributed by atoms with Crippen LogP contribution in [0.4, 0.5) is 0 Å². The first kappa shape index (κ1) is 9.48. The molecule has 0 aliphatic rings. The van der Waals surface area contributed by atoms with E-state index in [9.17, 15) is 0 Å². The molecule has 0 fully saturated rings. The minimum atomic E-state index is -0.144. The van der Waals surface area contributed by atoms with Gasteiger partial charge < -0.3 is 11.5 Å². The summed E-state index contributed by atoms with van der Waals surface area (Å²) in [7, 11) is 0. The van der Waals surface area contributed by atoms with Crippen molar-refractivity contribution in [2.75, 3.05) is 0 Å². The number of rotatable bonds is 3. The fraction of sp³-hybridized carbons (Fsp3) is 0.750. The van der Waals surface area contributed by atoms with Crippen LogP contribution in [0.3, 0.4) is 0 Å². The first-order chi connectivity index (χ1) is 4.45. The van der Waals surface area contributed by atoms with E-state index in [2.05, 4.69) is 5.92 Å². The van der Waals surface area contributed by atoms with Crippen LogP contribution in [0.2, 0.25) is 0 Å². The Balaban J connectivity index is 3.48. The Morgan fingerprint density at radius 1 is 1.60 bits per heavy atom. The van der Waals surface area contributed by atoms with Crippen molar-refractivity contribution >= 4 is 0 Å². The molecule has 0 amide bonds. The molecule has 0 bridgehead atoms. The molecule has 10 heavy (non-hydrogen) atoms. The summed E-state index contributed by atoms with van der Waals surface area (Å²) in [4.78, 5) is 0. The number of terminal acetylenes is 1. The smallest absolute Gasteiger partial charge is 0.0662 e. The molecular weight excluding hydrogens is 124 g/mol. The predicted molar refractivity (Wildman–Crippen MR) is 44.3 cm³/mol. The van der Waals surface area contributed by atoms with Gasteiger partial charge in [0, 0.05) is 5.54 Å². The van der Waals surface area contributed by atoms with Crippen molar-refractivity contribution in [1.29, 1.82) is 0 Å². The quantitative estimate of drug-likeness (QED) is 0.560. The van der Waals surface area contributed by atoms with Crippen LogP contribution >= 0.6 is 0 Å². The Morgan fingerprint density at radius 3 is 2.40 bits per heavy atom. The summed E-state index contributed by atoms with van der Waals surface area (Å²) in [5.74, 6) is 2.46. The Labute approximate surface area is 63.0 Å². The highest BCUT2D eigenvalue weighted by atomic mass is 14.7. The molecule has 0 radical (unpaired) electrons. The maximum Gasteiger partial charge on any atom is 0.0662 e. The van der Waals surface area contributed by atoms with Gasteiger partial charge in [-0.05, 0) is 26.7 Å². The zero-order chi connectivity index (χ0) is 8.20. The van der Waals surface area contributed by atoms with Crippen molar-refractivity contribution < 1.29 is 0 Å². The summed E-state index contributed by atoms with van der Waals surface area (Å²) in [6, 6.07) is -0.136. The summed E-state index contributed by atoms with van der Waals surface area (Å²) in [5.41, 5.74) is 11.1. The first-order valence-corrected chi connectivity index (χ1v) is 3.46. The summed E-state index contributed by atoms with van der Waals surface area (Å²) in [6.45, 7) is 3.94. The molecule has 2 heteroatoms. The van der Waals surface area contributed by atoms with E-state index >= 15 is 0 Å². The molecule has 0 rings (SSSR count). The highest BCUT2D eigenvalue weighted by Gasteiger charge is 2.11. The maximum atomic E-state index is 5.71. The lowest BCUT2D eigenvalue weighted by Gasteiger charge is -2.18.